The smallest absolute Gasteiger partial charge is 0.0354 e. The Morgan fingerprint density at radius 1 is 1.12 bits per heavy atom. The van der Waals surface area contributed by atoms with Crippen LogP contribution in [0.25, 0.3) is 0 Å². The van der Waals surface area contributed by atoms with Gasteiger partial charge in [-0.25, -0.2) is 0 Å². The molecule has 92 valence electrons. The first-order chi connectivity index (χ1) is 8.34. The highest BCUT2D eigenvalue weighted by Crippen LogP contribution is 2.37. The fourth-order valence-corrected chi connectivity index (χ4v) is 4.32. The number of fused-ring (bicyclic) bond motifs is 1. The highest BCUT2D eigenvalue weighted by molar-refractivity contribution is 7.99. The third-order valence-corrected chi connectivity index (χ3v) is 5.30. The molecule has 2 heterocycles. The molecule has 1 aromatic rings. The molecular weight excluding hydrogens is 228 g/mol. The van der Waals surface area contributed by atoms with Crippen molar-refractivity contribution in [1.82, 2.24) is 4.90 Å². The van der Waals surface area contributed by atoms with E-state index in [1.807, 2.05) is 0 Å². The predicted octanol–water partition coefficient (Wildman–Crippen LogP) is 2.23. The molecule has 0 spiro atoms. The molecule has 0 bridgehead atoms. The first-order valence-corrected chi connectivity index (χ1v) is 7.59. The van der Waals surface area contributed by atoms with E-state index in [2.05, 4.69) is 40.9 Å². The molecule has 1 fully saturated rings. The van der Waals surface area contributed by atoms with E-state index < -0.39 is 0 Å². The van der Waals surface area contributed by atoms with Crippen LogP contribution in [0.15, 0.2) is 24.3 Å². The van der Waals surface area contributed by atoms with Crippen LogP contribution < -0.4 is 5.73 Å². The van der Waals surface area contributed by atoms with Crippen molar-refractivity contribution in [1.29, 1.82) is 0 Å². The molecule has 0 saturated carbocycles. The van der Waals surface area contributed by atoms with E-state index in [0.29, 0.717) is 0 Å². The Morgan fingerprint density at radius 3 is 2.24 bits per heavy atom. The zero-order chi connectivity index (χ0) is 11.7. The lowest BCUT2D eigenvalue weighted by atomic mass is 9.90. The molecule has 0 radical (unpaired) electrons. The van der Waals surface area contributed by atoms with Crippen molar-refractivity contribution in [3.8, 4) is 0 Å². The van der Waals surface area contributed by atoms with Gasteiger partial charge in [-0.3, -0.25) is 4.90 Å². The van der Waals surface area contributed by atoms with Gasteiger partial charge < -0.3 is 5.73 Å². The first-order valence-electron chi connectivity index (χ1n) is 6.44. The third-order valence-electron chi connectivity index (χ3n) is 4.32. The van der Waals surface area contributed by atoms with E-state index in [-0.39, 0.29) is 5.54 Å². The summed E-state index contributed by atoms with van der Waals surface area (Å²) in [5.41, 5.74) is 9.37. The lowest BCUT2D eigenvalue weighted by molar-refractivity contribution is 0.0820. The van der Waals surface area contributed by atoms with E-state index >= 15 is 0 Å². The van der Waals surface area contributed by atoms with Crippen LogP contribution in [0.1, 0.15) is 24.0 Å². The average Bonchev–Trinajstić information content (AvgIpc) is 2.84. The molecule has 2 nitrogen and oxygen atoms in total. The molecule has 0 aliphatic carbocycles. The van der Waals surface area contributed by atoms with Gasteiger partial charge in [0.25, 0.3) is 0 Å². The van der Waals surface area contributed by atoms with E-state index in [9.17, 15) is 0 Å². The molecule has 1 aromatic carbocycles. The maximum atomic E-state index is 6.10. The Kier molecular flexibility index (Phi) is 3.16. The zero-order valence-electron chi connectivity index (χ0n) is 10.2. The van der Waals surface area contributed by atoms with Crippen molar-refractivity contribution in [3.05, 3.63) is 35.4 Å². The van der Waals surface area contributed by atoms with Crippen LogP contribution in [0.2, 0.25) is 0 Å². The Morgan fingerprint density at radius 2 is 1.71 bits per heavy atom. The van der Waals surface area contributed by atoms with Crippen LogP contribution in [-0.2, 0) is 13.1 Å². The van der Waals surface area contributed by atoms with E-state index in [0.717, 1.165) is 19.6 Å². The van der Waals surface area contributed by atoms with Gasteiger partial charge in [-0.15, -0.1) is 0 Å². The molecular formula is C14H20N2S. The predicted molar refractivity (Wildman–Crippen MR) is 74.0 cm³/mol. The van der Waals surface area contributed by atoms with Gasteiger partial charge in [0.15, 0.2) is 0 Å². The molecule has 17 heavy (non-hydrogen) atoms. The second-order valence-corrected chi connectivity index (χ2v) is 6.39. The molecule has 2 N–H and O–H groups in total. The van der Waals surface area contributed by atoms with Gasteiger partial charge in [0.2, 0.25) is 0 Å². The molecule has 1 saturated heterocycles. The monoisotopic (exact) mass is 248 g/mol. The van der Waals surface area contributed by atoms with Crippen molar-refractivity contribution >= 4 is 11.8 Å². The van der Waals surface area contributed by atoms with Gasteiger partial charge >= 0.3 is 0 Å². The molecule has 0 aromatic heterocycles. The van der Waals surface area contributed by atoms with Crippen LogP contribution >= 0.6 is 11.8 Å². The first kappa shape index (κ1) is 11.6. The van der Waals surface area contributed by atoms with Crippen LogP contribution in [0, 0.1) is 0 Å². The summed E-state index contributed by atoms with van der Waals surface area (Å²) in [4.78, 5) is 2.62. The van der Waals surface area contributed by atoms with Crippen LogP contribution in [-0.4, -0.2) is 28.5 Å². The van der Waals surface area contributed by atoms with Gasteiger partial charge in [-0.2, -0.15) is 11.8 Å². The Labute approximate surface area is 108 Å². The summed E-state index contributed by atoms with van der Waals surface area (Å²) in [6, 6.07) is 8.82. The van der Waals surface area contributed by atoms with E-state index in [4.69, 9.17) is 5.73 Å². The molecule has 3 rings (SSSR count). The summed E-state index contributed by atoms with van der Waals surface area (Å²) < 4.78 is 0. The van der Waals surface area contributed by atoms with Gasteiger partial charge in [0.1, 0.15) is 0 Å². The number of hydrogen-bond acceptors (Lipinski definition) is 3. The normalized spacial score (nSPS) is 23.6. The van der Waals surface area contributed by atoms with Gasteiger partial charge in [0.05, 0.1) is 0 Å². The van der Waals surface area contributed by atoms with E-state index in [1.165, 1.54) is 35.5 Å². The second kappa shape index (κ2) is 4.63. The maximum Gasteiger partial charge on any atom is 0.0354 e. The minimum absolute atomic E-state index is 0.268. The summed E-state index contributed by atoms with van der Waals surface area (Å²) in [5, 5.41) is 0. The topological polar surface area (TPSA) is 29.3 Å². The molecule has 3 heteroatoms. The second-order valence-electron chi connectivity index (χ2n) is 5.17. The molecule has 0 atom stereocenters. The summed E-state index contributed by atoms with van der Waals surface area (Å²) in [5.74, 6) is 2.54. The SMILES string of the molecule is NCC1(N2Cc3ccccc3C2)CCSCC1. The summed E-state index contributed by atoms with van der Waals surface area (Å²) in [6.07, 6.45) is 2.50. The fourth-order valence-electron chi connectivity index (χ4n) is 3.07. The molecule has 0 amide bonds. The summed E-state index contributed by atoms with van der Waals surface area (Å²) >= 11 is 2.07. The highest BCUT2D eigenvalue weighted by Gasteiger charge is 2.39. The van der Waals surface area contributed by atoms with Crippen LogP contribution in [0.5, 0.6) is 0 Å². The number of benzene rings is 1. The Bertz CT molecular complexity index is 374. The van der Waals surface area contributed by atoms with Crippen molar-refractivity contribution in [2.45, 2.75) is 31.5 Å². The summed E-state index contributed by atoms with van der Waals surface area (Å²) in [7, 11) is 0. The molecule has 0 unspecified atom stereocenters. The van der Waals surface area contributed by atoms with Crippen molar-refractivity contribution in [2.24, 2.45) is 5.73 Å². The highest BCUT2D eigenvalue weighted by atomic mass is 32.2. The van der Waals surface area contributed by atoms with Gasteiger partial charge in [-0.05, 0) is 35.5 Å². The lowest BCUT2D eigenvalue weighted by Crippen LogP contribution is -2.53. The minimum atomic E-state index is 0.268. The molecule has 2 aliphatic rings. The number of nitrogens with zero attached hydrogens (tertiary/aromatic N) is 1. The van der Waals surface area contributed by atoms with Crippen molar-refractivity contribution in [2.75, 3.05) is 18.1 Å². The van der Waals surface area contributed by atoms with Gasteiger partial charge in [-0.1, -0.05) is 24.3 Å². The third kappa shape index (κ3) is 2.01. The summed E-state index contributed by atoms with van der Waals surface area (Å²) in [6.45, 7) is 3.00. The quantitative estimate of drug-likeness (QED) is 0.870. The number of thioether (sulfide) groups is 1. The Hall–Kier alpha value is -0.510. The fraction of sp³-hybridized carbons (Fsp3) is 0.571. The Balaban J connectivity index is 1.82. The lowest BCUT2D eigenvalue weighted by Gasteiger charge is -2.43. The minimum Gasteiger partial charge on any atom is -0.329 e. The standard InChI is InChI=1S/C14H20N2S/c15-11-14(5-7-17-8-6-14)16-9-12-3-1-2-4-13(12)10-16/h1-4H,5-11,15H2. The number of hydrogen-bond donors (Lipinski definition) is 1. The van der Waals surface area contributed by atoms with Crippen LogP contribution in [0.3, 0.4) is 0 Å². The zero-order valence-corrected chi connectivity index (χ0v) is 11.0. The van der Waals surface area contributed by atoms with E-state index in [1.54, 1.807) is 0 Å². The van der Waals surface area contributed by atoms with Crippen molar-refractivity contribution in [3.63, 3.8) is 0 Å². The largest absolute Gasteiger partial charge is 0.329 e. The average molecular weight is 248 g/mol. The number of nitrogens with two attached hydrogens (primary N) is 1. The van der Waals surface area contributed by atoms with Crippen LogP contribution in [0.4, 0.5) is 0 Å². The van der Waals surface area contributed by atoms with Crippen molar-refractivity contribution < 1.29 is 0 Å². The molecule has 2 aliphatic heterocycles. The number of rotatable bonds is 2. The van der Waals surface area contributed by atoms with Gasteiger partial charge in [0, 0.05) is 25.2 Å². The maximum absolute atomic E-state index is 6.10.